The first kappa shape index (κ1) is 29.9. The molecule has 0 saturated heterocycles. The molecule has 0 radical (unpaired) electrons. The molecule has 5 heteroatoms. The van der Waals surface area contributed by atoms with Gasteiger partial charge in [0, 0.05) is 16.7 Å². The lowest BCUT2D eigenvalue weighted by atomic mass is 9.97. The second kappa shape index (κ2) is 15.6. The number of hydrogen-bond acceptors (Lipinski definition) is 3. The Hall–Kier alpha value is -3.26. The van der Waals surface area contributed by atoms with Crippen LogP contribution in [0, 0.1) is 12.8 Å². The van der Waals surface area contributed by atoms with Crippen molar-refractivity contribution in [3.63, 3.8) is 0 Å². The van der Waals surface area contributed by atoms with Crippen molar-refractivity contribution in [2.24, 2.45) is 5.73 Å². The zero-order valence-corrected chi connectivity index (χ0v) is 19.9. The normalized spacial score (nSPS) is 10.1. The van der Waals surface area contributed by atoms with E-state index in [9.17, 15) is 9.18 Å². The van der Waals surface area contributed by atoms with Gasteiger partial charge in [-0.3, -0.25) is 4.79 Å². The summed E-state index contributed by atoms with van der Waals surface area (Å²) in [6, 6.07) is 5.75. The fourth-order valence-electron chi connectivity index (χ4n) is 2.31. The molecule has 0 unspecified atom stereocenters. The molecule has 31 heavy (non-hydrogen) atoms. The van der Waals surface area contributed by atoms with E-state index in [1.165, 1.54) is 0 Å². The number of nitrogens with two attached hydrogens (primary N) is 1. The minimum absolute atomic E-state index is 0.150. The monoisotopic (exact) mass is 429 g/mol. The number of halogens is 1. The van der Waals surface area contributed by atoms with Crippen LogP contribution in [0.5, 0.6) is 5.75 Å². The Bertz CT molecular complexity index is 857. The Balaban J connectivity index is 0. The van der Waals surface area contributed by atoms with E-state index < -0.39 is 5.83 Å². The summed E-state index contributed by atoms with van der Waals surface area (Å²) >= 11 is 0. The van der Waals surface area contributed by atoms with Crippen molar-refractivity contribution in [3.8, 4) is 18.6 Å². The summed E-state index contributed by atoms with van der Waals surface area (Å²) in [5.41, 5.74) is 10.5. The van der Waals surface area contributed by atoms with Crippen LogP contribution in [-0.2, 0) is 9.53 Å². The third-order valence-corrected chi connectivity index (χ3v) is 4.39. The molecule has 0 bridgehead atoms. The number of amides is 1. The highest BCUT2D eigenvalue weighted by molar-refractivity contribution is 5.91. The van der Waals surface area contributed by atoms with E-state index in [0.29, 0.717) is 11.3 Å². The summed E-state index contributed by atoms with van der Waals surface area (Å²) in [5, 5.41) is 0. The van der Waals surface area contributed by atoms with Crippen LogP contribution in [0.1, 0.15) is 59.1 Å². The number of benzene rings is 1. The fourth-order valence-corrected chi connectivity index (χ4v) is 2.31. The zero-order chi connectivity index (χ0) is 24.7. The van der Waals surface area contributed by atoms with E-state index in [4.69, 9.17) is 15.2 Å². The Labute approximate surface area is 187 Å². The Morgan fingerprint density at radius 1 is 1.13 bits per heavy atom. The average molecular weight is 430 g/mol. The van der Waals surface area contributed by atoms with Gasteiger partial charge in [-0.1, -0.05) is 37.3 Å². The van der Waals surface area contributed by atoms with Gasteiger partial charge in [-0.25, -0.2) is 4.39 Å². The Kier molecular flexibility index (Phi) is 15.0. The summed E-state index contributed by atoms with van der Waals surface area (Å²) in [6.07, 6.45) is 8.78. The van der Waals surface area contributed by atoms with Gasteiger partial charge in [0.2, 0.25) is 5.91 Å². The zero-order valence-electron chi connectivity index (χ0n) is 19.9. The van der Waals surface area contributed by atoms with Crippen LogP contribution >= 0.6 is 0 Å². The number of allylic oxidation sites excluding steroid dienone is 4. The highest BCUT2D eigenvalue weighted by Crippen LogP contribution is 2.33. The van der Waals surface area contributed by atoms with E-state index in [1.54, 1.807) is 14.0 Å². The quantitative estimate of drug-likeness (QED) is 0.294. The Morgan fingerprint density at radius 3 is 2.00 bits per heavy atom. The third-order valence-electron chi connectivity index (χ3n) is 4.39. The second-order valence-electron chi connectivity index (χ2n) is 6.88. The molecule has 0 aliphatic carbocycles. The molecule has 1 rings (SSSR count). The smallest absolute Gasteiger partial charge is 0.244 e. The molecule has 0 heterocycles. The number of ether oxygens (including phenoxy) is 2. The van der Waals surface area contributed by atoms with Crippen molar-refractivity contribution in [2.45, 2.75) is 48.0 Å². The van der Waals surface area contributed by atoms with Gasteiger partial charge >= 0.3 is 0 Å². The summed E-state index contributed by atoms with van der Waals surface area (Å²) in [4.78, 5) is 10.3. The van der Waals surface area contributed by atoms with E-state index in [2.05, 4.69) is 26.0 Å². The number of terminal acetylenes is 1. The molecule has 4 nitrogen and oxygen atoms in total. The minimum Gasteiger partial charge on any atom is -0.501 e. The SMILES string of the molecule is C#C.C=C(F)COc1ccc(C(=C)C)cc1/C(CC)=C(\C)OC.CC(C)=C(C)C(N)=O. The number of hydrogen-bond donors (Lipinski definition) is 1. The van der Waals surface area contributed by atoms with E-state index in [-0.39, 0.29) is 12.5 Å². The van der Waals surface area contributed by atoms with Gasteiger partial charge < -0.3 is 15.2 Å². The molecule has 0 atom stereocenters. The summed E-state index contributed by atoms with van der Waals surface area (Å²) in [5.74, 6) is 0.604. The van der Waals surface area contributed by atoms with E-state index in [0.717, 1.165) is 40.0 Å². The van der Waals surface area contributed by atoms with Crippen LogP contribution in [0.15, 0.2) is 54.1 Å². The summed E-state index contributed by atoms with van der Waals surface area (Å²) in [6.45, 7) is 18.4. The number of methoxy groups -OCH3 is 1. The van der Waals surface area contributed by atoms with Crippen molar-refractivity contribution in [2.75, 3.05) is 13.7 Å². The first-order valence-corrected chi connectivity index (χ1v) is 9.73. The molecule has 1 aromatic carbocycles. The first-order chi connectivity index (χ1) is 14.5. The van der Waals surface area contributed by atoms with Crippen LogP contribution in [0.2, 0.25) is 0 Å². The standard InChI is InChI=1S/C18H23FO2.C6H11NO.C2H2/c1-7-16(14(5)20-6)17-10-15(12(2)3)8-9-18(17)21-11-13(4)19;1-4(2)5(3)6(7)8;1-2/h8-10H,2,4,7,11H2,1,3,5-6H3;1-3H3,(H2,7,8);1-2H/b16-14+;;. The van der Waals surface area contributed by atoms with E-state index >= 15 is 0 Å². The largest absolute Gasteiger partial charge is 0.501 e. The molecule has 0 aromatic heterocycles. The number of carbonyl (C=O) groups is 1. The van der Waals surface area contributed by atoms with Crippen LogP contribution in [-0.4, -0.2) is 19.6 Å². The number of carbonyl (C=O) groups excluding carboxylic acids is 1. The Morgan fingerprint density at radius 2 is 1.68 bits per heavy atom. The molecule has 1 aromatic rings. The second-order valence-corrected chi connectivity index (χ2v) is 6.88. The lowest BCUT2D eigenvalue weighted by Gasteiger charge is -2.16. The molecule has 0 saturated carbocycles. The van der Waals surface area contributed by atoms with Crippen molar-refractivity contribution in [3.05, 3.63) is 65.2 Å². The highest BCUT2D eigenvalue weighted by Gasteiger charge is 2.13. The molecular weight excluding hydrogens is 393 g/mol. The summed E-state index contributed by atoms with van der Waals surface area (Å²) < 4.78 is 23.7. The van der Waals surface area contributed by atoms with Crippen molar-refractivity contribution >= 4 is 17.1 Å². The van der Waals surface area contributed by atoms with Gasteiger partial charge in [0.1, 0.15) is 18.2 Å². The molecule has 0 aliphatic rings. The molecule has 0 spiro atoms. The summed E-state index contributed by atoms with van der Waals surface area (Å²) in [7, 11) is 1.64. The average Bonchev–Trinajstić information content (AvgIpc) is 2.73. The lowest BCUT2D eigenvalue weighted by Crippen LogP contribution is -2.12. The topological polar surface area (TPSA) is 61.6 Å². The molecule has 0 fully saturated rings. The minimum atomic E-state index is -0.504. The van der Waals surface area contributed by atoms with Crippen LogP contribution in [0.3, 0.4) is 0 Å². The number of rotatable bonds is 8. The van der Waals surface area contributed by atoms with Gasteiger partial charge in [-0.15, -0.1) is 12.8 Å². The predicted octanol–water partition coefficient (Wildman–Crippen LogP) is 6.45. The van der Waals surface area contributed by atoms with Gasteiger partial charge in [0.05, 0.1) is 12.9 Å². The highest BCUT2D eigenvalue weighted by atomic mass is 19.1. The number of primary amides is 1. The molecule has 1 amide bonds. The van der Waals surface area contributed by atoms with Crippen LogP contribution < -0.4 is 10.5 Å². The van der Waals surface area contributed by atoms with Crippen molar-refractivity contribution < 1.29 is 18.7 Å². The maximum absolute atomic E-state index is 12.9. The van der Waals surface area contributed by atoms with Gasteiger partial charge in [0.25, 0.3) is 0 Å². The van der Waals surface area contributed by atoms with Crippen LogP contribution in [0.4, 0.5) is 4.39 Å². The molecule has 2 N–H and O–H groups in total. The first-order valence-electron chi connectivity index (χ1n) is 9.73. The third kappa shape index (κ3) is 10.9. The molecule has 170 valence electrons. The molecular formula is C26H36FNO3. The van der Waals surface area contributed by atoms with Gasteiger partial charge in [0.15, 0.2) is 0 Å². The predicted molar refractivity (Wildman–Crippen MR) is 130 cm³/mol. The maximum atomic E-state index is 12.9. The van der Waals surface area contributed by atoms with Gasteiger partial charge in [-0.2, -0.15) is 0 Å². The van der Waals surface area contributed by atoms with E-state index in [1.807, 2.05) is 52.8 Å². The van der Waals surface area contributed by atoms with Crippen molar-refractivity contribution in [1.82, 2.24) is 0 Å². The van der Waals surface area contributed by atoms with Gasteiger partial charge in [-0.05, 0) is 58.7 Å². The van der Waals surface area contributed by atoms with Crippen LogP contribution in [0.25, 0.3) is 11.1 Å². The lowest BCUT2D eigenvalue weighted by molar-refractivity contribution is -0.114. The fraction of sp³-hybridized carbons (Fsp3) is 0.346. The molecule has 0 aliphatic heterocycles. The maximum Gasteiger partial charge on any atom is 0.244 e. The van der Waals surface area contributed by atoms with Crippen molar-refractivity contribution in [1.29, 1.82) is 0 Å².